The highest BCUT2D eigenvalue weighted by Gasteiger charge is 2.23. The van der Waals surface area contributed by atoms with Crippen LogP contribution in [0.3, 0.4) is 0 Å². The molecule has 0 bridgehead atoms. The molecule has 0 amide bonds. The first kappa shape index (κ1) is 16.5. The number of nitro benzene ring substituents is 1. The van der Waals surface area contributed by atoms with Crippen molar-refractivity contribution in [3.05, 3.63) is 63.2 Å². The summed E-state index contributed by atoms with van der Waals surface area (Å²) in [6, 6.07) is 9.60. The van der Waals surface area contributed by atoms with Crippen LogP contribution in [0.25, 0.3) is 0 Å². The average Bonchev–Trinajstić information content (AvgIpc) is 2.47. The molecule has 116 valence electrons. The quantitative estimate of drug-likeness (QED) is 0.617. The molecule has 7 heteroatoms. The maximum atomic E-state index is 12.7. The fraction of sp³-hybridized carbons (Fsp3) is 0.200. The van der Waals surface area contributed by atoms with Crippen molar-refractivity contribution >= 4 is 27.1 Å². The van der Waals surface area contributed by atoms with E-state index in [1.165, 1.54) is 18.2 Å². The number of hydrogen-bond donors (Lipinski definition) is 0. The third-order valence-corrected chi connectivity index (χ3v) is 5.61. The van der Waals surface area contributed by atoms with Gasteiger partial charge in [0, 0.05) is 12.1 Å². The van der Waals surface area contributed by atoms with Crippen LogP contribution in [0.5, 0.6) is 0 Å². The predicted octanol–water partition coefficient (Wildman–Crippen LogP) is 4.20. The van der Waals surface area contributed by atoms with E-state index in [4.69, 9.17) is 11.6 Å². The molecule has 2 aromatic rings. The summed E-state index contributed by atoms with van der Waals surface area (Å²) < 4.78 is 25.3. The van der Waals surface area contributed by atoms with Crippen molar-refractivity contribution in [2.75, 3.05) is 0 Å². The van der Waals surface area contributed by atoms with Crippen LogP contribution in [-0.2, 0) is 9.84 Å². The molecule has 0 saturated carbocycles. The molecule has 22 heavy (non-hydrogen) atoms. The third kappa shape index (κ3) is 2.98. The van der Waals surface area contributed by atoms with Gasteiger partial charge in [-0.25, -0.2) is 8.42 Å². The molecule has 0 unspecified atom stereocenters. The number of nitrogens with zero attached hydrogens (tertiary/aromatic N) is 1. The lowest BCUT2D eigenvalue weighted by molar-refractivity contribution is -0.384. The van der Waals surface area contributed by atoms with E-state index in [-0.39, 0.29) is 26.4 Å². The van der Waals surface area contributed by atoms with Crippen molar-refractivity contribution in [3.8, 4) is 0 Å². The Morgan fingerprint density at radius 3 is 2.18 bits per heavy atom. The van der Waals surface area contributed by atoms with Gasteiger partial charge in [0.2, 0.25) is 9.84 Å². The Kier molecular flexibility index (Phi) is 4.53. The molecule has 0 aliphatic carbocycles. The Morgan fingerprint density at radius 1 is 1.09 bits per heavy atom. The van der Waals surface area contributed by atoms with Crippen LogP contribution in [0, 0.1) is 10.1 Å². The van der Waals surface area contributed by atoms with Gasteiger partial charge in [-0.1, -0.05) is 37.6 Å². The van der Waals surface area contributed by atoms with E-state index in [1.54, 1.807) is 12.1 Å². The van der Waals surface area contributed by atoms with Gasteiger partial charge in [0.25, 0.3) is 5.69 Å². The first-order chi connectivity index (χ1) is 10.2. The molecule has 0 aliphatic rings. The molecule has 0 N–H and O–H groups in total. The molecule has 0 fully saturated rings. The number of benzene rings is 2. The van der Waals surface area contributed by atoms with E-state index in [1.807, 2.05) is 13.8 Å². The number of hydrogen-bond acceptors (Lipinski definition) is 4. The van der Waals surface area contributed by atoms with Gasteiger partial charge >= 0.3 is 0 Å². The first-order valence-corrected chi connectivity index (χ1v) is 8.39. The van der Waals surface area contributed by atoms with Crippen LogP contribution in [0.1, 0.15) is 25.3 Å². The lowest BCUT2D eigenvalue weighted by Gasteiger charge is -2.12. The summed E-state index contributed by atoms with van der Waals surface area (Å²) in [6.07, 6.45) is 0. The van der Waals surface area contributed by atoms with Gasteiger partial charge in [-0.15, -0.1) is 0 Å². The van der Waals surface area contributed by atoms with Crippen molar-refractivity contribution < 1.29 is 13.3 Å². The number of halogens is 1. The Labute approximate surface area is 133 Å². The smallest absolute Gasteiger partial charge is 0.258 e. The molecule has 2 rings (SSSR count). The fourth-order valence-electron chi connectivity index (χ4n) is 2.06. The second kappa shape index (κ2) is 6.06. The summed E-state index contributed by atoms with van der Waals surface area (Å²) >= 11 is 6.23. The van der Waals surface area contributed by atoms with E-state index >= 15 is 0 Å². The van der Waals surface area contributed by atoms with Crippen molar-refractivity contribution in [3.63, 3.8) is 0 Å². The van der Waals surface area contributed by atoms with Crippen molar-refractivity contribution in [2.45, 2.75) is 29.6 Å². The summed E-state index contributed by atoms with van der Waals surface area (Å²) in [5.41, 5.74) is 0.575. The predicted molar refractivity (Wildman–Crippen MR) is 84.1 cm³/mol. The molecule has 0 spiro atoms. The second-order valence-corrected chi connectivity index (χ2v) is 7.36. The third-order valence-electron chi connectivity index (χ3n) is 3.26. The second-order valence-electron chi connectivity index (χ2n) is 5.07. The monoisotopic (exact) mass is 339 g/mol. The summed E-state index contributed by atoms with van der Waals surface area (Å²) in [6.45, 7) is 3.84. The molecule has 0 heterocycles. The molecule has 0 aromatic heterocycles. The van der Waals surface area contributed by atoms with E-state index in [9.17, 15) is 18.5 Å². The van der Waals surface area contributed by atoms with Crippen LogP contribution >= 0.6 is 11.6 Å². The van der Waals surface area contributed by atoms with Crippen LogP contribution in [-0.4, -0.2) is 13.3 Å². The summed E-state index contributed by atoms with van der Waals surface area (Å²) in [5, 5.41) is 10.8. The largest absolute Gasteiger partial charge is 0.269 e. The zero-order chi connectivity index (χ0) is 16.5. The molecule has 0 saturated heterocycles. The highest BCUT2D eigenvalue weighted by Crippen LogP contribution is 2.33. The van der Waals surface area contributed by atoms with Gasteiger partial charge in [-0.05, 0) is 29.7 Å². The van der Waals surface area contributed by atoms with Gasteiger partial charge < -0.3 is 0 Å². The molecule has 0 aliphatic heterocycles. The number of non-ortho nitro benzene ring substituents is 1. The molecule has 0 atom stereocenters. The van der Waals surface area contributed by atoms with Crippen molar-refractivity contribution in [2.24, 2.45) is 0 Å². The number of nitro groups is 1. The van der Waals surface area contributed by atoms with Crippen LogP contribution in [0.15, 0.2) is 52.3 Å². The van der Waals surface area contributed by atoms with E-state index in [2.05, 4.69) is 0 Å². The minimum atomic E-state index is -3.82. The van der Waals surface area contributed by atoms with E-state index in [0.29, 0.717) is 0 Å². The standard InChI is InChI=1S/C15H14ClNO4S/c1-10(2)13-4-3-5-14(15(13)16)22(20,21)12-8-6-11(7-9-12)17(18)19/h3-10H,1-2H3. The average molecular weight is 340 g/mol. The first-order valence-electron chi connectivity index (χ1n) is 6.53. The van der Waals surface area contributed by atoms with Crippen LogP contribution in [0.4, 0.5) is 5.69 Å². The maximum absolute atomic E-state index is 12.7. The van der Waals surface area contributed by atoms with Gasteiger partial charge in [0.05, 0.1) is 19.7 Å². The van der Waals surface area contributed by atoms with Gasteiger partial charge in [0.15, 0.2) is 0 Å². The Hall–Kier alpha value is -1.92. The van der Waals surface area contributed by atoms with Gasteiger partial charge in [-0.3, -0.25) is 10.1 Å². The van der Waals surface area contributed by atoms with Crippen molar-refractivity contribution in [1.29, 1.82) is 0 Å². The lowest BCUT2D eigenvalue weighted by atomic mass is 10.0. The Balaban J connectivity index is 2.56. The normalized spacial score (nSPS) is 11.6. The van der Waals surface area contributed by atoms with E-state index < -0.39 is 14.8 Å². The van der Waals surface area contributed by atoms with E-state index in [0.717, 1.165) is 17.7 Å². The molecule has 0 radical (unpaired) electrons. The fourth-order valence-corrected chi connectivity index (χ4v) is 4.06. The Bertz CT molecular complexity index is 814. The zero-order valence-corrected chi connectivity index (χ0v) is 13.6. The van der Waals surface area contributed by atoms with Gasteiger partial charge in [-0.2, -0.15) is 0 Å². The molecular formula is C15H14ClNO4S. The maximum Gasteiger partial charge on any atom is 0.269 e. The molecular weight excluding hydrogens is 326 g/mol. The summed E-state index contributed by atoms with van der Waals surface area (Å²) in [7, 11) is -3.82. The lowest BCUT2D eigenvalue weighted by Crippen LogP contribution is -2.05. The topological polar surface area (TPSA) is 77.3 Å². The summed E-state index contributed by atoms with van der Waals surface area (Å²) in [5.74, 6) is 0.0829. The van der Waals surface area contributed by atoms with Gasteiger partial charge in [0.1, 0.15) is 0 Å². The van der Waals surface area contributed by atoms with Crippen LogP contribution < -0.4 is 0 Å². The molecule has 2 aromatic carbocycles. The Morgan fingerprint density at radius 2 is 1.68 bits per heavy atom. The minimum Gasteiger partial charge on any atom is -0.258 e. The SMILES string of the molecule is CC(C)c1cccc(S(=O)(=O)c2ccc([N+](=O)[O-])cc2)c1Cl. The highest BCUT2D eigenvalue weighted by molar-refractivity contribution is 7.91. The number of sulfone groups is 1. The van der Waals surface area contributed by atoms with Crippen molar-refractivity contribution in [1.82, 2.24) is 0 Å². The number of rotatable bonds is 4. The van der Waals surface area contributed by atoms with Crippen LogP contribution in [0.2, 0.25) is 5.02 Å². The highest BCUT2D eigenvalue weighted by atomic mass is 35.5. The minimum absolute atomic E-state index is 0.00854. The zero-order valence-electron chi connectivity index (χ0n) is 12.0. The molecule has 5 nitrogen and oxygen atoms in total. The summed E-state index contributed by atoms with van der Waals surface area (Å²) in [4.78, 5) is 10.0.